The molecule has 1 atom stereocenters. The highest BCUT2D eigenvalue weighted by Crippen LogP contribution is 2.38. The van der Waals surface area contributed by atoms with Gasteiger partial charge in [0.2, 0.25) is 0 Å². The second-order valence-corrected chi connectivity index (χ2v) is 9.75. The number of hydrogen-bond acceptors (Lipinski definition) is 5. The van der Waals surface area contributed by atoms with Crippen LogP contribution in [0.5, 0.6) is 0 Å². The minimum absolute atomic E-state index is 0.0495. The Morgan fingerprint density at radius 3 is 2.69 bits per heavy atom. The van der Waals surface area contributed by atoms with Gasteiger partial charge in [0, 0.05) is 49.8 Å². The van der Waals surface area contributed by atoms with Crippen molar-refractivity contribution in [2.75, 3.05) is 32.7 Å². The summed E-state index contributed by atoms with van der Waals surface area (Å²) in [6.45, 7) is 9.34. The van der Waals surface area contributed by atoms with Crippen LogP contribution in [0.3, 0.4) is 0 Å². The van der Waals surface area contributed by atoms with Crippen LogP contribution in [0.1, 0.15) is 53.1 Å². The lowest BCUT2D eigenvalue weighted by molar-refractivity contribution is -0.147. The van der Waals surface area contributed by atoms with Gasteiger partial charge in [-0.25, -0.2) is 0 Å². The fourth-order valence-corrected chi connectivity index (χ4v) is 5.45. The number of amides is 1. The van der Waals surface area contributed by atoms with Gasteiger partial charge in [0.05, 0.1) is 5.92 Å². The molecule has 1 aromatic heterocycles. The fraction of sp³-hybridized carbons (Fsp3) is 0.393. The monoisotopic (exact) mass is 473 g/mol. The number of carboxylic acids is 1. The molecule has 2 fully saturated rings. The topological polar surface area (TPSA) is 86.9 Å². The smallest absolute Gasteiger partial charge is 0.309 e. The van der Waals surface area contributed by atoms with E-state index in [-0.39, 0.29) is 11.8 Å². The average Bonchev–Trinajstić information content (AvgIpc) is 3.49. The Hall–Kier alpha value is -3.45. The zero-order valence-corrected chi connectivity index (χ0v) is 20.1. The van der Waals surface area contributed by atoms with Crippen LogP contribution in [0.15, 0.2) is 64.7 Å². The first-order chi connectivity index (χ1) is 16.9. The number of rotatable bonds is 6. The van der Waals surface area contributed by atoms with E-state index < -0.39 is 5.97 Å². The van der Waals surface area contributed by atoms with Crippen molar-refractivity contribution >= 4 is 17.4 Å². The first kappa shape index (κ1) is 23.3. The van der Waals surface area contributed by atoms with Crippen molar-refractivity contribution < 1.29 is 19.2 Å². The number of nitrogens with zero attached hydrogens (tertiary/aromatic N) is 3. The molecule has 5 rings (SSSR count). The van der Waals surface area contributed by atoms with Gasteiger partial charge in [0.25, 0.3) is 5.91 Å². The summed E-state index contributed by atoms with van der Waals surface area (Å²) in [5.74, 6) is -0.0306. The Labute approximate surface area is 205 Å². The number of aromatic nitrogens is 1. The maximum atomic E-state index is 13.4. The Morgan fingerprint density at radius 1 is 1.20 bits per heavy atom. The SMILES string of the molecule is C=C(/C=C1/CCc2c(C(=O)N3CCC(c4ccccc4)C3)noc2/C1=C/C)CN1CC(C(=O)O)C1. The number of allylic oxidation sites excluding steroid dienone is 3. The molecule has 0 spiro atoms. The highest BCUT2D eigenvalue weighted by molar-refractivity contribution is 5.96. The van der Waals surface area contributed by atoms with Gasteiger partial charge < -0.3 is 14.5 Å². The van der Waals surface area contributed by atoms with Crippen LogP contribution in [-0.4, -0.2) is 64.7 Å². The molecule has 3 aliphatic rings. The Balaban J connectivity index is 1.27. The quantitative estimate of drug-likeness (QED) is 0.678. The van der Waals surface area contributed by atoms with Crippen molar-refractivity contribution in [3.63, 3.8) is 0 Å². The largest absolute Gasteiger partial charge is 0.481 e. The summed E-state index contributed by atoms with van der Waals surface area (Å²) in [7, 11) is 0. The summed E-state index contributed by atoms with van der Waals surface area (Å²) in [6, 6.07) is 10.4. The lowest BCUT2D eigenvalue weighted by Crippen LogP contribution is -2.50. The lowest BCUT2D eigenvalue weighted by atomic mass is 9.86. The minimum atomic E-state index is -0.735. The molecular formula is C28H31N3O4. The molecule has 1 N–H and O–H groups in total. The standard InChI is InChI=1S/C28H31N3O4/c1-3-23-20(13-18(2)14-30-15-22(16-30)28(33)34)9-10-24-25(29-35-26(23)24)27(32)31-12-11-21(17-31)19-7-5-4-6-8-19/h3-8,13,21-22H,2,9-12,14-17H2,1H3,(H,33,34)/b20-13-,23-3+. The molecule has 0 saturated carbocycles. The van der Waals surface area contributed by atoms with Crippen LogP contribution in [-0.2, 0) is 11.2 Å². The normalized spacial score (nSPS) is 22.9. The maximum Gasteiger partial charge on any atom is 0.309 e. The molecule has 0 bridgehead atoms. The second-order valence-electron chi connectivity index (χ2n) is 9.75. The Bertz CT molecular complexity index is 1200. The maximum absolute atomic E-state index is 13.4. The number of hydrogen-bond donors (Lipinski definition) is 1. The summed E-state index contributed by atoms with van der Waals surface area (Å²) < 4.78 is 5.74. The van der Waals surface area contributed by atoms with Crippen LogP contribution in [0.25, 0.3) is 5.57 Å². The summed E-state index contributed by atoms with van der Waals surface area (Å²) in [6.07, 6.45) is 6.49. The van der Waals surface area contributed by atoms with Gasteiger partial charge in [-0.15, -0.1) is 0 Å². The van der Waals surface area contributed by atoms with Gasteiger partial charge in [-0.05, 0) is 42.9 Å². The number of likely N-dealkylation sites (tertiary alicyclic amines) is 2. The van der Waals surface area contributed by atoms with E-state index in [4.69, 9.17) is 9.63 Å². The predicted molar refractivity (Wildman–Crippen MR) is 133 cm³/mol. The molecule has 3 heterocycles. The first-order valence-electron chi connectivity index (χ1n) is 12.3. The van der Waals surface area contributed by atoms with Gasteiger partial charge >= 0.3 is 5.97 Å². The van der Waals surface area contributed by atoms with Gasteiger partial charge in [0.1, 0.15) is 0 Å². The molecule has 7 heteroatoms. The van der Waals surface area contributed by atoms with Crippen LogP contribution in [0.2, 0.25) is 0 Å². The number of carboxylic acid groups (broad SMARTS) is 1. The van der Waals surface area contributed by atoms with Gasteiger partial charge in [-0.1, -0.05) is 54.2 Å². The molecule has 2 aromatic rings. The summed E-state index contributed by atoms with van der Waals surface area (Å²) in [4.78, 5) is 28.4. The number of carbonyl (C=O) groups is 2. The highest BCUT2D eigenvalue weighted by Gasteiger charge is 2.35. The number of aliphatic carboxylic acids is 1. The van der Waals surface area contributed by atoms with E-state index in [1.54, 1.807) is 0 Å². The molecule has 1 unspecified atom stereocenters. The van der Waals surface area contributed by atoms with Crippen molar-refractivity contribution in [3.05, 3.63) is 82.8 Å². The fourth-order valence-electron chi connectivity index (χ4n) is 5.45. The van der Waals surface area contributed by atoms with Crippen molar-refractivity contribution in [1.82, 2.24) is 15.0 Å². The zero-order valence-electron chi connectivity index (χ0n) is 20.1. The Morgan fingerprint density at radius 2 is 1.97 bits per heavy atom. The van der Waals surface area contributed by atoms with Crippen molar-refractivity contribution in [2.24, 2.45) is 5.92 Å². The molecule has 1 aliphatic carbocycles. The van der Waals surface area contributed by atoms with E-state index in [1.807, 2.05) is 36.1 Å². The third kappa shape index (κ3) is 4.60. The third-order valence-corrected chi connectivity index (χ3v) is 7.37. The molecule has 7 nitrogen and oxygen atoms in total. The molecule has 2 aliphatic heterocycles. The van der Waals surface area contributed by atoms with Crippen molar-refractivity contribution in [1.29, 1.82) is 0 Å². The molecule has 182 valence electrons. The molecule has 2 saturated heterocycles. The number of benzene rings is 1. The summed E-state index contributed by atoms with van der Waals surface area (Å²) in [5, 5.41) is 13.3. The number of fused-ring (bicyclic) bond motifs is 1. The van der Waals surface area contributed by atoms with E-state index in [9.17, 15) is 9.59 Å². The van der Waals surface area contributed by atoms with Gasteiger partial charge in [0.15, 0.2) is 11.5 Å². The average molecular weight is 474 g/mol. The second kappa shape index (κ2) is 9.66. The number of carbonyl (C=O) groups excluding carboxylic acids is 1. The van der Waals surface area contributed by atoms with Crippen LogP contribution in [0.4, 0.5) is 0 Å². The predicted octanol–water partition coefficient (Wildman–Crippen LogP) is 4.15. The van der Waals surface area contributed by atoms with Crippen LogP contribution < -0.4 is 0 Å². The van der Waals surface area contributed by atoms with E-state index in [1.165, 1.54) is 5.56 Å². The van der Waals surface area contributed by atoms with Gasteiger partial charge in [-0.3, -0.25) is 14.5 Å². The van der Waals surface area contributed by atoms with E-state index in [0.29, 0.717) is 50.0 Å². The van der Waals surface area contributed by atoms with Gasteiger partial charge in [-0.2, -0.15) is 0 Å². The molecular weight excluding hydrogens is 442 g/mol. The van der Waals surface area contributed by atoms with E-state index in [2.05, 4.69) is 34.8 Å². The Kier molecular flexibility index (Phi) is 6.43. The van der Waals surface area contributed by atoms with Crippen molar-refractivity contribution in [2.45, 2.75) is 32.1 Å². The van der Waals surface area contributed by atoms with E-state index >= 15 is 0 Å². The first-order valence-corrected chi connectivity index (χ1v) is 12.3. The van der Waals surface area contributed by atoms with E-state index in [0.717, 1.165) is 41.7 Å². The highest BCUT2D eigenvalue weighted by atomic mass is 16.5. The zero-order chi connectivity index (χ0) is 24.5. The molecule has 0 radical (unpaired) electrons. The van der Waals surface area contributed by atoms with Crippen LogP contribution >= 0.6 is 0 Å². The molecule has 35 heavy (non-hydrogen) atoms. The lowest BCUT2D eigenvalue weighted by Gasteiger charge is -2.36. The van der Waals surface area contributed by atoms with Crippen molar-refractivity contribution in [3.8, 4) is 0 Å². The molecule has 1 amide bonds. The summed E-state index contributed by atoms with van der Waals surface area (Å²) >= 11 is 0. The molecule has 1 aromatic carbocycles. The van der Waals surface area contributed by atoms with Crippen LogP contribution in [0, 0.1) is 5.92 Å². The third-order valence-electron chi connectivity index (χ3n) is 7.37. The summed E-state index contributed by atoms with van der Waals surface area (Å²) in [5.41, 5.74) is 5.60. The minimum Gasteiger partial charge on any atom is -0.481 e.